The Morgan fingerprint density at radius 3 is 2.37 bits per heavy atom. The maximum Gasteiger partial charge on any atom is 0.225 e. The fraction of sp³-hybridized carbons (Fsp3) is 0.467. The Hall–Kier alpha value is -1.84. The van der Waals surface area contributed by atoms with Gasteiger partial charge in [0, 0.05) is 33.5 Å². The Morgan fingerprint density at radius 2 is 1.84 bits per heavy atom. The maximum absolute atomic E-state index is 12.1. The number of benzene rings is 1. The van der Waals surface area contributed by atoms with Crippen LogP contribution in [0.25, 0.3) is 0 Å². The highest BCUT2D eigenvalue weighted by molar-refractivity contribution is 5.78. The molecule has 0 aliphatic heterocycles. The van der Waals surface area contributed by atoms with Gasteiger partial charge in [0.1, 0.15) is 0 Å². The summed E-state index contributed by atoms with van der Waals surface area (Å²) in [5.74, 6) is -0.0470. The standard InChI is InChI=1S/C15H22N2O2/c1-12(18)16-10-9-14(15(19)17(2)3)11-13-7-5-4-6-8-13/h4-8,14H,9-11H2,1-3H3,(H,16,18)/t14-/m1/s1. The molecule has 0 aliphatic rings. The predicted octanol–water partition coefficient (Wildman–Crippen LogP) is 1.46. The van der Waals surface area contributed by atoms with Gasteiger partial charge in [-0.3, -0.25) is 9.59 Å². The summed E-state index contributed by atoms with van der Waals surface area (Å²) < 4.78 is 0. The topological polar surface area (TPSA) is 49.4 Å². The lowest BCUT2D eigenvalue weighted by Gasteiger charge is -2.20. The second-order valence-electron chi connectivity index (χ2n) is 4.89. The van der Waals surface area contributed by atoms with Gasteiger partial charge in [0.2, 0.25) is 11.8 Å². The van der Waals surface area contributed by atoms with E-state index in [2.05, 4.69) is 5.32 Å². The van der Waals surface area contributed by atoms with Crippen LogP contribution in [0.2, 0.25) is 0 Å². The molecule has 0 heterocycles. The molecule has 0 fully saturated rings. The Balaban J connectivity index is 2.64. The highest BCUT2D eigenvalue weighted by Gasteiger charge is 2.20. The van der Waals surface area contributed by atoms with Gasteiger partial charge in [0.15, 0.2) is 0 Å². The number of hydrogen-bond acceptors (Lipinski definition) is 2. The molecule has 2 amide bonds. The third kappa shape index (κ3) is 5.55. The summed E-state index contributed by atoms with van der Waals surface area (Å²) in [7, 11) is 3.53. The van der Waals surface area contributed by atoms with Gasteiger partial charge in [0.25, 0.3) is 0 Å². The number of nitrogens with one attached hydrogen (secondary N) is 1. The van der Waals surface area contributed by atoms with Gasteiger partial charge < -0.3 is 10.2 Å². The smallest absolute Gasteiger partial charge is 0.225 e. The Morgan fingerprint density at radius 1 is 1.21 bits per heavy atom. The van der Waals surface area contributed by atoms with E-state index in [1.165, 1.54) is 6.92 Å². The lowest BCUT2D eigenvalue weighted by Crippen LogP contribution is -2.33. The summed E-state index contributed by atoms with van der Waals surface area (Å²) in [6, 6.07) is 9.95. The number of carbonyl (C=O) groups excluding carboxylic acids is 2. The lowest BCUT2D eigenvalue weighted by atomic mass is 9.95. The molecule has 1 rings (SSSR count). The molecule has 4 nitrogen and oxygen atoms in total. The van der Waals surface area contributed by atoms with Crippen molar-refractivity contribution in [3.8, 4) is 0 Å². The zero-order valence-electron chi connectivity index (χ0n) is 11.8. The second kappa shape index (κ2) is 7.56. The Kier molecular flexibility index (Phi) is 6.06. The first-order valence-corrected chi connectivity index (χ1v) is 6.50. The predicted molar refractivity (Wildman–Crippen MR) is 75.6 cm³/mol. The van der Waals surface area contributed by atoms with Gasteiger partial charge in [0.05, 0.1) is 0 Å². The average molecular weight is 262 g/mol. The molecule has 1 N–H and O–H groups in total. The van der Waals surface area contributed by atoms with Crippen LogP contribution in [-0.2, 0) is 16.0 Å². The average Bonchev–Trinajstić information content (AvgIpc) is 2.37. The fourth-order valence-corrected chi connectivity index (χ4v) is 2.00. The number of rotatable bonds is 6. The van der Waals surface area contributed by atoms with Gasteiger partial charge >= 0.3 is 0 Å². The monoisotopic (exact) mass is 262 g/mol. The van der Waals surface area contributed by atoms with E-state index < -0.39 is 0 Å². The molecule has 0 saturated carbocycles. The molecule has 1 atom stereocenters. The van der Waals surface area contributed by atoms with Gasteiger partial charge in [-0.15, -0.1) is 0 Å². The summed E-state index contributed by atoms with van der Waals surface area (Å²) >= 11 is 0. The zero-order chi connectivity index (χ0) is 14.3. The quantitative estimate of drug-likeness (QED) is 0.844. The number of amides is 2. The minimum atomic E-state index is -0.0933. The molecule has 0 spiro atoms. The molecule has 104 valence electrons. The largest absolute Gasteiger partial charge is 0.356 e. The SMILES string of the molecule is CC(=O)NCC[C@H](Cc1ccccc1)C(=O)N(C)C. The van der Waals surface area contributed by atoms with Crippen molar-refractivity contribution in [3.63, 3.8) is 0 Å². The first-order chi connectivity index (χ1) is 9.00. The van der Waals surface area contributed by atoms with E-state index in [1.54, 1.807) is 19.0 Å². The van der Waals surface area contributed by atoms with Crippen LogP contribution >= 0.6 is 0 Å². The highest BCUT2D eigenvalue weighted by Crippen LogP contribution is 2.14. The van der Waals surface area contributed by atoms with E-state index in [9.17, 15) is 9.59 Å². The van der Waals surface area contributed by atoms with Crippen molar-refractivity contribution in [1.82, 2.24) is 10.2 Å². The Bertz CT molecular complexity index is 415. The van der Waals surface area contributed by atoms with Gasteiger partial charge in [-0.2, -0.15) is 0 Å². The molecular formula is C15H22N2O2. The van der Waals surface area contributed by atoms with Crippen molar-refractivity contribution in [3.05, 3.63) is 35.9 Å². The summed E-state index contributed by atoms with van der Waals surface area (Å²) in [4.78, 5) is 24.6. The van der Waals surface area contributed by atoms with Crippen LogP contribution in [0.5, 0.6) is 0 Å². The van der Waals surface area contributed by atoms with E-state index in [0.29, 0.717) is 19.4 Å². The van der Waals surface area contributed by atoms with E-state index in [1.807, 2.05) is 30.3 Å². The van der Waals surface area contributed by atoms with E-state index in [-0.39, 0.29) is 17.7 Å². The molecule has 0 aromatic heterocycles. The van der Waals surface area contributed by atoms with Crippen LogP contribution in [0.1, 0.15) is 18.9 Å². The highest BCUT2D eigenvalue weighted by atomic mass is 16.2. The number of nitrogens with zero attached hydrogens (tertiary/aromatic N) is 1. The Labute approximate surface area is 114 Å². The summed E-state index contributed by atoms with van der Waals surface area (Å²) in [5.41, 5.74) is 1.14. The first kappa shape index (κ1) is 15.2. The molecule has 0 unspecified atom stereocenters. The molecule has 0 aliphatic carbocycles. The van der Waals surface area contributed by atoms with Crippen molar-refractivity contribution < 1.29 is 9.59 Å². The minimum absolute atomic E-state index is 0.0595. The summed E-state index contributed by atoms with van der Waals surface area (Å²) in [5, 5.41) is 2.75. The summed E-state index contributed by atoms with van der Waals surface area (Å²) in [6.45, 7) is 2.02. The molecule has 0 saturated heterocycles. The molecule has 0 radical (unpaired) electrons. The lowest BCUT2D eigenvalue weighted by molar-refractivity contribution is -0.133. The number of hydrogen-bond donors (Lipinski definition) is 1. The first-order valence-electron chi connectivity index (χ1n) is 6.50. The van der Waals surface area contributed by atoms with Crippen LogP contribution < -0.4 is 5.32 Å². The molecule has 1 aromatic carbocycles. The van der Waals surface area contributed by atoms with Gasteiger partial charge in [-0.25, -0.2) is 0 Å². The van der Waals surface area contributed by atoms with Crippen molar-refractivity contribution in [2.75, 3.05) is 20.6 Å². The van der Waals surface area contributed by atoms with Crippen molar-refractivity contribution in [1.29, 1.82) is 0 Å². The van der Waals surface area contributed by atoms with Crippen molar-refractivity contribution in [2.24, 2.45) is 5.92 Å². The normalized spacial score (nSPS) is 11.7. The molecule has 0 bridgehead atoms. The van der Waals surface area contributed by atoms with E-state index in [0.717, 1.165) is 5.56 Å². The van der Waals surface area contributed by atoms with Crippen LogP contribution in [0.4, 0.5) is 0 Å². The zero-order valence-corrected chi connectivity index (χ0v) is 11.8. The molecule has 19 heavy (non-hydrogen) atoms. The molecular weight excluding hydrogens is 240 g/mol. The van der Waals surface area contributed by atoms with E-state index in [4.69, 9.17) is 0 Å². The number of carbonyl (C=O) groups is 2. The molecule has 4 heteroatoms. The van der Waals surface area contributed by atoms with Crippen LogP contribution in [-0.4, -0.2) is 37.4 Å². The van der Waals surface area contributed by atoms with Gasteiger partial charge in [-0.1, -0.05) is 30.3 Å². The third-order valence-corrected chi connectivity index (χ3v) is 2.98. The maximum atomic E-state index is 12.1. The third-order valence-electron chi connectivity index (χ3n) is 2.98. The van der Waals surface area contributed by atoms with Crippen molar-refractivity contribution in [2.45, 2.75) is 19.8 Å². The second-order valence-corrected chi connectivity index (χ2v) is 4.89. The van der Waals surface area contributed by atoms with Gasteiger partial charge in [-0.05, 0) is 18.4 Å². The van der Waals surface area contributed by atoms with Crippen LogP contribution in [0, 0.1) is 5.92 Å². The molecule has 1 aromatic rings. The van der Waals surface area contributed by atoms with Crippen LogP contribution in [0.15, 0.2) is 30.3 Å². The fourth-order valence-electron chi connectivity index (χ4n) is 2.00. The minimum Gasteiger partial charge on any atom is -0.356 e. The summed E-state index contributed by atoms with van der Waals surface area (Å²) in [6.07, 6.45) is 1.36. The van der Waals surface area contributed by atoms with Crippen molar-refractivity contribution >= 4 is 11.8 Å². The van der Waals surface area contributed by atoms with E-state index >= 15 is 0 Å². The van der Waals surface area contributed by atoms with Crippen LogP contribution in [0.3, 0.4) is 0 Å².